The zero-order valence-corrected chi connectivity index (χ0v) is 53.4. The number of allylic oxidation sites excluding steroid dienone is 6. The third-order valence-corrected chi connectivity index (χ3v) is 16.7. The van der Waals surface area contributed by atoms with Gasteiger partial charge in [-0.05, 0) is 83.5 Å². The van der Waals surface area contributed by atoms with Crippen LogP contribution in [0, 0.1) is 0 Å². The van der Waals surface area contributed by atoms with Gasteiger partial charge in [-0.25, -0.2) is 0 Å². The monoisotopic (exact) mass is 1110 g/mol. The second-order valence-electron chi connectivity index (χ2n) is 24.6. The van der Waals surface area contributed by atoms with Gasteiger partial charge in [0.05, 0.1) is 25.4 Å². The maximum absolute atomic E-state index is 12.6. The van der Waals surface area contributed by atoms with E-state index in [0.717, 1.165) is 51.4 Å². The van der Waals surface area contributed by atoms with Crippen LogP contribution in [0.2, 0.25) is 0 Å². The molecular formula is C73H139NO5. The standard InChI is InChI=1S/C73H139NO5/c1-3-5-7-9-11-13-15-17-19-20-21-22-23-24-25-28-31-34-38-41-45-49-53-57-61-65-71(76)70(69-75)74-72(77)66-62-58-54-50-46-42-39-35-32-29-26-27-30-33-36-40-44-48-52-56-60-64-68-79-73(78)67-63-59-55-51-47-43-37-18-16-14-12-10-8-6-4-2/h12,14,18,29,32,37,70-71,75-76H,3-11,13,15-17,19-28,30-31,33-36,38-69H2,1-2H3,(H,74,77)/b14-12-,32-29-,37-18-. The highest BCUT2D eigenvalue weighted by Crippen LogP contribution is 2.19. The van der Waals surface area contributed by atoms with Crippen LogP contribution < -0.4 is 5.32 Å². The molecule has 0 radical (unpaired) electrons. The highest BCUT2D eigenvalue weighted by molar-refractivity contribution is 5.76. The molecule has 0 aliphatic heterocycles. The molecule has 0 saturated heterocycles. The number of aliphatic hydroxyl groups is 2. The van der Waals surface area contributed by atoms with Crippen molar-refractivity contribution in [2.45, 2.75) is 405 Å². The van der Waals surface area contributed by atoms with Crippen LogP contribution in [0.25, 0.3) is 0 Å². The summed E-state index contributed by atoms with van der Waals surface area (Å²) in [6.07, 6.45) is 87.6. The Hall–Kier alpha value is -1.92. The third kappa shape index (κ3) is 65.1. The molecule has 79 heavy (non-hydrogen) atoms. The maximum atomic E-state index is 12.6. The van der Waals surface area contributed by atoms with Gasteiger partial charge in [-0.2, -0.15) is 0 Å². The summed E-state index contributed by atoms with van der Waals surface area (Å²) in [6.45, 7) is 4.95. The Morgan fingerprint density at radius 3 is 1.00 bits per heavy atom. The fraction of sp³-hybridized carbons (Fsp3) is 0.890. The first kappa shape index (κ1) is 77.1. The number of nitrogens with one attached hydrogen (secondary N) is 1. The lowest BCUT2D eigenvalue weighted by Gasteiger charge is -2.22. The summed E-state index contributed by atoms with van der Waals surface area (Å²) in [5, 5.41) is 23.4. The molecule has 0 aromatic heterocycles. The predicted octanol–water partition coefficient (Wildman–Crippen LogP) is 23.1. The van der Waals surface area contributed by atoms with Crippen LogP contribution in [0.3, 0.4) is 0 Å². The molecule has 1 amide bonds. The molecule has 0 fully saturated rings. The number of aliphatic hydroxyl groups excluding tert-OH is 2. The molecule has 3 N–H and O–H groups in total. The number of unbranched alkanes of at least 4 members (excludes halogenated alkanes) is 50. The normalized spacial score (nSPS) is 12.7. The molecule has 0 aliphatic carbocycles. The number of hydrogen-bond acceptors (Lipinski definition) is 5. The highest BCUT2D eigenvalue weighted by Gasteiger charge is 2.20. The average Bonchev–Trinajstić information content (AvgIpc) is 3.45. The smallest absolute Gasteiger partial charge is 0.305 e. The molecule has 6 heteroatoms. The van der Waals surface area contributed by atoms with Crippen LogP contribution >= 0.6 is 0 Å². The van der Waals surface area contributed by atoms with E-state index in [1.165, 1.54) is 308 Å². The van der Waals surface area contributed by atoms with Gasteiger partial charge in [0.25, 0.3) is 0 Å². The lowest BCUT2D eigenvalue weighted by Crippen LogP contribution is -2.45. The van der Waals surface area contributed by atoms with Gasteiger partial charge >= 0.3 is 5.97 Å². The van der Waals surface area contributed by atoms with Crippen molar-refractivity contribution in [3.63, 3.8) is 0 Å². The van der Waals surface area contributed by atoms with Crippen LogP contribution in [0.5, 0.6) is 0 Å². The molecule has 0 saturated carbocycles. The van der Waals surface area contributed by atoms with E-state index in [1.54, 1.807) is 0 Å². The molecule has 466 valence electrons. The number of ether oxygens (including phenoxy) is 1. The van der Waals surface area contributed by atoms with Crippen molar-refractivity contribution in [3.8, 4) is 0 Å². The van der Waals surface area contributed by atoms with E-state index < -0.39 is 12.1 Å². The summed E-state index contributed by atoms with van der Waals surface area (Å²) in [7, 11) is 0. The Balaban J connectivity index is 3.42. The van der Waals surface area contributed by atoms with Crippen LogP contribution in [-0.4, -0.2) is 47.4 Å². The molecule has 0 rings (SSSR count). The number of amides is 1. The van der Waals surface area contributed by atoms with Gasteiger partial charge in [0.2, 0.25) is 5.91 Å². The van der Waals surface area contributed by atoms with E-state index in [9.17, 15) is 19.8 Å². The lowest BCUT2D eigenvalue weighted by molar-refractivity contribution is -0.143. The minimum absolute atomic E-state index is 0.00333. The summed E-state index contributed by atoms with van der Waals surface area (Å²) in [5.41, 5.74) is 0. The summed E-state index contributed by atoms with van der Waals surface area (Å²) in [5.74, 6) is -0.0412. The van der Waals surface area contributed by atoms with Gasteiger partial charge in [0.15, 0.2) is 0 Å². The molecule has 0 spiro atoms. The van der Waals surface area contributed by atoms with Crippen molar-refractivity contribution in [1.82, 2.24) is 5.32 Å². The molecule has 2 atom stereocenters. The molecule has 6 nitrogen and oxygen atoms in total. The van der Waals surface area contributed by atoms with E-state index in [4.69, 9.17) is 4.74 Å². The van der Waals surface area contributed by atoms with E-state index >= 15 is 0 Å². The van der Waals surface area contributed by atoms with Gasteiger partial charge in [0, 0.05) is 12.8 Å². The van der Waals surface area contributed by atoms with Gasteiger partial charge in [-0.1, -0.05) is 333 Å². The number of hydrogen-bond donors (Lipinski definition) is 3. The largest absolute Gasteiger partial charge is 0.466 e. The van der Waals surface area contributed by atoms with Crippen molar-refractivity contribution >= 4 is 11.9 Å². The number of carbonyl (C=O) groups is 2. The van der Waals surface area contributed by atoms with Crippen molar-refractivity contribution in [1.29, 1.82) is 0 Å². The average molecular weight is 1110 g/mol. The van der Waals surface area contributed by atoms with E-state index in [1.807, 2.05) is 0 Å². The third-order valence-electron chi connectivity index (χ3n) is 16.7. The Labute approximate surface area is 494 Å². The van der Waals surface area contributed by atoms with Crippen molar-refractivity contribution < 1.29 is 24.5 Å². The molecule has 0 aliphatic rings. The first-order valence-electron chi connectivity index (χ1n) is 35.7. The van der Waals surface area contributed by atoms with Gasteiger partial charge in [0.1, 0.15) is 0 Å². The predicted molar refractivity (Wildman–Crippen MR) is 347 cm³/mol. The topological polar surface area (TPSA) is 95.9 Å². The first-order chi connectivity index (χ1) is 39.0. The molecular weight excluding hydrogens is 971 g/mol. The summed E-state index contributed by atoms with van der Waals surface area (Å²) in [4.78, 5) is 24.6. The van der Waals surface area contributed by atoms with Crippen LogP contribution in [0.4, 0.5) is 0 Å². The molecule has 0 heterocycles. The highest BCUT2D eigenvalue weighted by atomic mass is 16.5. The summed E-state index contributed by atoms with van der Waals surface area (Å²) < 4.78 is 5.48. The zero-order chi connectivity index (χ0) is 57.1. The SMILES string of the molecule is CCCCC/C=C\C/C=C\CCCCCCCC(=O)OCCCCCCCCCCCCC/C=C\CCCCCCCCCC(=O)NC(CO)C(O)CCCCCCCCCCCCCCCCCCCCCCCCCCC. The molecule has 0 aromatic carbocycles. The van der Waals surface area contributed by atoms with Crippen LogP contribution in [0.15, 0.2) is 36.5 Å². The fourth-order valence-electron chi connectivity index (χ4n) is 11.2. The van der Waals surface area contributed by atoms with Gasteiger partial charge < -0.3 is 20.3 Å². The fourth-order valence-corrected chi connectivity index (χ4v) is 11.2. The second kappa shape index (κ2) is 68.6. The number of carbonyl (C=O) groups excluding carboxylic acids is 2. The van der Waals surface area contributed by atoms with E-state index in [0.29, 0.717) is 25.9 Å². The Morgan fingerprint density at radius 2 is 0.633 bits per heavy atom. The Morgan fingerprint density at radius 1 is 0.354 bits per heavy atom. The van der Waals surface area contributed by atoms with Gasteiger partial charge in [-0.3, -0.25) is 9.59 Å². The first-order valence-corrected chi connectivity index (χ1v) is 35.7. The minimum atomic E-state index is -0.671. The maximum Gasteiger partial charge on any atom is 0.305 e. The van der Waals surface area contributed by atoms with Gasteiger partial charge in [-0.15, -0.1) is 0 Å². The molecule has 0 bridgehead atoms. The van der Waals surface area contributed by atoms with Crippen molar-refractivity contribution in [2.24, 2.45) is 0 Å². The number of esters is 1. The molecule has 2 unspecified atom stereocenters. The Kier molecular flexibility index (Phi) is 66.9. The lowest BCUT2D eigenvalue weighted by atomic mass is 10.0. The van der Waals surface area contributed by atoms with Crippen LogP contribution in [0.1, 0.15) is 393 Å². The number of rotatable bonds is 67. The summed E-state index contributed by atoms with van der Waals surface area (Å²) >= 11 is 0. The zero-order valence-electron chi connectivity index (χ0n) is 53.4. The molecule has 0 aromatic rings. The Bertz CT molecular complexity index is 1280. The van der Waals surface area contributed by atoms with E-state index in [2.05, 4.69) is 55.6 Å². The minimum Gasteiger partial charge on any atom is -0.466 e. The second-order valence-corrected chi connectivity index (χ2v) is 24.6. The van der Waals surface area contributed by atoms with Crippen LogP contribution in [-0.2, 0) is 14.3 Å². The van der Waals surface area contributed by atoms with Crippen molar-refractivity contribution in [2.75, 3.05) is 13.2 Å². The quantitative estimate of drug-likeness (QED) is 0.0320. The summed E-state index contributed by atoms with van der Waals surface area (Å²) in [6, 6.07) is -0.549. The van der Waals surface area contributed by atoms with E-state index in [-0.39, 0.29) is 18.5 Å². The van der Waals surface area contributed by atoms with Crippen molar-refractivity contribution in [3.05, 3.63) is 36.5 Å².